The van der Waals surface area contributed by atoms with Crippen molar-refractivity contribution in [2.45, 2.75) is 132 Å². The number of carbonyl (C=O) groups excluding carboxylic acids is 3. The minimum absolute atomic E-state index is 0.00144. The molecule has 0 radical (unpaired) electrons. The highest BCUT2D eigenvalue weighted by Crippen LogP contribution is 2.35. The molecule has 0 fully saturated rings. The highest BCUT2D eigenvalue weighted by atomic mass is 16.3. The fourth-order valence-corrected chi connectivity index (χ4v) is 12.1. The minimum atomic E-state index is -1.17. The van der Waals surface area contributed by atoms with Gasteiger partial charge in [-0.1, -0.05) is 77.9 Å². The van der Waals surface area contributed by atoms with E-state index in [0.29, 0.717) is 23.5 Å². The molecular weight excluding hydrogens is 977 g/mol. The third-order valence-electron chi connectivity index (χ3n) is 16.6. The Kier molecular flexibility index (Phi) is 15.3. The zero-order valence-electron chi connectivity index (χ0n) is 48.1. The second kappa shape index (κ2) is 22.0. The van der Waals surface area contributed by atoms with Crippen LogP contribution in [0.1, 0.15) is 105 Å². The molecule has 0 spiro atoms. The predicted molar refractivity (Wildman–Crippen MR) is 319 cm³/mol. The van der Waals surface area contributed by atoms with Crippen LogP contribution in [0.4, 0.5) is 0 Å². The van der Waals surface area contributed by atoms with E-state index in [1.165, 1.54) is 49.1 Å². The Morgan fingerprint density at radius 1 is 0.506 bits per heavy atom. The molecule has 3 aromatic rings. The van der Waals surface area contributed by atoms with Gasteiger partial charge in [-0.2, -0.15) is 0 Å². The first kappa shape index (κ1) is 54.9. The van der Waals surface area contributed by atoms with E-state index < -0.39 is 5.60 Å². The maximum atomic E-state index is 12.3. The molecule has 4 atom stereocenters. The van der Waals surface area contributed by atoms with Gasteiger partial charge in [-0.25, -0.2) is 0 Å². The number of rotatable bonds is 7. The van der Waals surface area contributed by atoms with Crippen LogP contribution in [0.5, 0.6) is 0 Å². The molecule has 10 heteroatoms. The Labute approximate surface area is 464 Å². The molecule has 3 aliphatic carbocycles. The summed E-state index contributed by atoms with van der Waals surface area (Å²) in [5.41, 5.74) is 16.8. The number of hydrogen-bond donors (Lipinski definition) is 1. The molecule has 6 heterocycles. The van der Waals surface area contributed by atoms with Crippen LogP contribution in [0.25, 0.3) is 16.7 Å². The highest BCUT2D eigenvalue weighted by molar-refractivity contribution is 6.12. The molecular formula is C69H74N6O4. The number of hydrogen-bond acceptors (Lipinski definition) is 10. The monoisotopic (exact) mass is 1050 g/mol. The Hall–Kier alpha value is -7.43. The quantitative estimate of drug-likeness (QED) is 0.254. The lowest BCUT2D eigenvalue weighted by atomic mass is 9.77. The summed E-state index contributed by atoms with van der Waals surface area (Å²) in [7, 11) is 0. The first-order valence-corrected chi connectivity index (χ1v) is 28.3. The average Bonchev–Trinajstić information content (AvgIpc) is 4.27. The Morgan fingerprint density at radius 2 is 0.962 bits per heavy atom. The number of aliphatic hydroxyl groups is 1. The van der Waals surface area contributed by atoms with Crippen molar-refractivity contribution in [3.05, 3.63) is 196 Å². The molecule has 0 saturated carbocycles. The molecule has 12 rings (SSSR count). The van der Waals surface area contributed by atoms with E-state index in [4.69, 9.17) is 30.0 Å². The normalized spacial score (nSPS) is 24.6. The van der Waals surface area contributed by atoms with Crippen LogP contribution >= 0.6 is 0 Å². The van der Waals surface area contributed by atoms with Crippen LogP contribution in [0.3, 0.4) is 0 Å². The molecule has 4 unspecified atom stereocenters. The summed E-state index contributed by atoms with van der Waals surface area (Å²) < 4.78 is 0. The summed E-state index contributed by atoms with van der Waals surface area (Å²) >= 11 is 0. The van der Waals surface area contributed by atoms with Crippen molar-refractivity contribution in [3.8, 4) is 0 Å². The number of carbonyl (C=O) groups is 3. The van der Waals surface area contributed by atoms with Crippen LogP contribution < -0.4 is 31.7 Å². The zero-order valence-corrected chi connectivity index (χ0v) is 48.1. The van der Waals surface area contributed by atoms with Gasteiger partial charge in [0.05, 0.1) is 27.5 Å². The van der Waals surface area contributed by atoms with E-state index in [-0.39, 0.29) is 47.3 Å². The van der Waals surface area contributed by atoms with Crippen molar-refractivity contribution >= 4 is 51.2 Å². The number of ketones is 3. The van der Waals surface area contributed by atoms with Gasteiger partial charge >= 0.3 is 0 Å². The largest absolute Gasteiger partial charge is 0.381 e. The van der Waals surface area contributed by atoms with Gasteiger partial charge in [0.2, 0.25) is 0 Å². The maximum absolute atomic E-state index is 12.3. The smallest absolute Gasteiger partial charge is 0.182 e. The van der Waals surface area contributed by atoms with E-state index in [1.807, 2.05) is 46.8 Å². The third kappa shape index (κ3) is 11.0. The van der Waals surface area contributed by atoms with Crippen molar-refractivity contribution in [3.63, 3.8) is 0 Å². The molecule has 10 nitrogen and oxygen atoms in total. The van der Waals surface area contributed by atoms with Crippen LogP contribution in [0.15, 0.2) is 178 Å². The zero-order chi connectivity index (χ0) is 56.2. The van der Waals surface area contributed by atoms with Crippen molar-refractivity contribution in [1.29, 1.82) is 0 Å². The van der Waals surface area contributed by atoms with Crippen molar-refractivity contribution in [2.24, 2.45) is 47.7 Å². The molecule has 0 bridgehead atoms. The molecule has 0 amide bonds. The van der Waals surface area contributed by atoms with Gasteiger partial charge in [-0.15, -0.1) is 0 Å². The summed E-state index contributed by atoms with van der Waals surface area (Å²) in [4.78, 5) is 65.7. The molecule has 1 N–H and O–H groups in total. The number of fused-ring (bicyclic) bond motifs is 6. The number of aryl methyl sites for hydroxylation is 3. The van der Waals surface area contributed by atoms with Crippen LogP contribution in [-0.4, -0.2) is 83.0 Å². The van der Waals surface area contributed by atoms with Crippen molar-refractivity contribution in [2.75, 3.05) is 19.6 Å². The number of benzene rings is 3. The van der Waals surface area contributed by atoms with Crippen molar-refractivity contribution < 1.29 is 19.5 Å². The Morgan fingerprint density at radius 3 is 1.47 bits per heavy atom. The summed E-state index contributed by atoms with van der Waals surface area (Å²) in [6.45, 7) is 26.6. The standard InChI is InChI=1S/C23H26N2O2.2C23H24N2O/c1-13(2)18-11-23(27,15(4)10-21(18)26)12-20-22-17(7-8-24-20)16-6-5-14(3)9-19(16)25-22;1-13(2)19-11-16(15(4)10-22(19)26)12-21-23-18(7-8-24-21)17-6-5-14(3)9-20(17)25-23;1-13(2)19-12-22(26)15(4)10-16(19)11-21-23-18(7-8-24-21)17-6-5-14(3)9-20(17)25-23/h5-6,9-11,13,22,27H,7-8,12H2,1-4H3;2*5-6,9-13,23H,7-8H2,1-4H3/b;16-12-;16-11-. The van der Waals surface area contributed by atoms with E-state index in [0.717, 1.165) is 106 Å². The van der Waals surface area contributed by atoms with Gasteiger partial charge in [0.25, 0.3) is 0 Å². The third-order valence-corrected chi connectivity index (χ3v) is 16.6. The topological polar surface area (TPSA) is 146 Å². The minimum Gasteiger partial charge on any atom is -0.381 e. The number of allylic oxidation sites excluding steroid dienone is 12. The maximum Gasteiger partial charge on any atom is 0.182 e. The average molecular weight is 1050 g/mol. The summed E-state index contributed by atoms with van der Waals surface area (Å²) in [6, 6.07) is 19.4. The molecule has 9 aliphatic rings. The highest BCUT2D eigenvalue weighted by Gasteiger charge is 2.39. The summed E-state index contributed by atoms with van der Waals surface area (Å²) in [5, 5.41) is 18.3. The van der Waals surface area contributed by atoms with Gasteiger partial charge in [0.15, 0.2) is 17.3 Å². The van der Waals surface area contributed by atoms with Crippen LogP contribution in [0.2, 0.25) is 0 Å². The lowest BCUT2D eigenvalue weighted by molar-refractivity contribution is -0.112. The lowest BCUT2D eigenvalue weighted by Gasteiger charge is -2.33. The van der Waals surface area contributed by atoms with E-state index in [9.17, 15) is 19.5 Å². The molecule has 3 aromatic carbocycles. The Bertz CT molecular complexity index is 3950. The molecule has 79 heavy (non-hydrogen) atoms. The number of aliphatic imine (C=N–C) groups is 3. The predicted octanol–water partition coefficient (Wildman–Crippen LogP) is 8.28. The van der Waals surface area contributed by atoms with Gasteiger partial charge < -0.3 is 5.11 Å². The van der Waals surface area contributed by atoms with E-state index >= 15 is 0 Å². The molecule has 0 saturated heterocycles. The van der Waals surface area contributed by atoms with Crippen LogP contribution in [0, 0.1) is 38.5 Å². The first-order valence-electron chi connectivity index (χ1n) is 28.3. The molecule has 404 valence electrons. The summed E-state index contributed by atoms with van der Waals surface area (Å²) in [5.74, 6) is 0.820. The van der Waals surface area contributed by atoms with Gasteiger partial charge in [-0.05, 0) is 212 Å². The van der Waals surface area contributed by atoms with Gasteiger partial charge in [0, 0.05) is 58.6 Å². The first-order chi connectivity index (χ1) is 37.7. The lowest BCUT2D eigenvalue weighted by Crippen LogP contribution is -2.39. The van der Waals surface area contributed by atoms with E-state index in [2.05, 4.69) is 115 Å². The second-order valence-corrected chi connectivity index (χ2v) is 23.6. The van der Waals surface area contributed by atoms with Crippen molar-refractivity contribution in [1.82, 2.24) is 0 Å². The molecule has 6 aliphatic heterocycles. The summed E-state index contributed by atoms with van der Waals surface area (Å²) in [6.07, 6.45) is 18.4. The van der Waals surface area contributed by atoms with Gasteiger partial charge in [0.1, 0.15) is 23.7 Å². The second-order valence-electron chi connectivity index (χ2n) is 23.6. The fraction of sp³-hybridized carbons (Fsp3) is 0.377. The van der Waals surface area contributed by atoms with E-state index in [1.54, 1.807) is 24.3 Å². The SMILES string of the molecule is CC1=C/C(=C/C2=NCCC3=c4ccc(C)cc4=NC23)C(C(C)C)=CC1=O.CC1=CC(=O)C(C(C)C)=C/C1=C/C1=NCCC2=c3ccc(C)cc3=NC12.CC1=CC(=O)C(C(C)C)=CC1(O)CC1=NCCC2=c3ccc(C)cc3=NC12. The number of nitrogens with zero attached hydrogens (tertiary/aromatic N) is 6. The fourth-order valence-electron chi connectivity index (χ4n) is 12.1. The molecule has 0 aromatic heterocycles. The van der Waals surface area contributed by atoms with Crippen LogP contribution in [-0.2, 0) is 14.4 Å². The van der Waals surface area contributed by atoms with Gasteiger partial charge in [-0.3, -0.25) is 44.3 Å². The Balaban J connectivity index is 0.000000134.